The summed E-state index contributed by atoms with van der Waals surface area (Å²) in [5, 5.41) is 18.0. The first-order chi connectivity index (χ1) is 69.4. The van der Waals surface area contributed by atoms with Crippen molar-refractivity contribution in [1.82, 2.24) is 25.3 Å². The maximum Gasteiger partial charge on any atom is 1.00 e. The van der Waals surface area contributed by atoms with Crippen molar-refractivity contribution >= 4 is 46.4 Å². The molecule has 0 radical (unpaired) electrons. The monoisotopic (exact) mass is 2100 g/mol. The second-order valence-electron chi connectivity index (χ2n) is 54.9. The first-order valence-corrected chi connectivity index (χ1v) is 58.5. The number of benzene rings is 3. The van der Waals surface area contributed by atoms with Gasteiger partial charge in [0, 0.05) is 94.5 Å². The number of nitrogens with two attached hydrogens (primary N) is 1. The molecule has 27 atom stereocenters. The van der Waals surface area contributed by atoms with Crippen molar-refractivity contribution in [2.24, 2.45) is 159 Å². The average Bonchev–Trinajstić information content (AvgIpc) is 1.19. The number of esters is 1. The van der Waals surface area contributed by atoms with E-state index in [9.17, 15) is 23.5 Å². The van der Waals surface area contributed by atoms with Crippen LogP contribution < -0.4 is 45.9 Å². The van der Waals surface area contributed by atoms with Gasteiger partial charge in [0.05, 0.1) is 57.9 Å². The topological polar surface area (TPSA) is 215 Å². The minimum absolute atomic E-state index is 0. The number of rotatable bonds is 18. The summed E-state index contributed by atoms with van der Waals surface area (Å²) in [4.78, 5) is 47.3. The Kier molecular flexibility index (Phi) is 36.7. The number of methoxy groups -OCH3 is 1. The van der Waals surface area contributed by atoms with E-state index < -0.39 is 23.6 Å². The van der Waals surface area contributed by atoms with Crippen LogP contribution in [0.2, 0.25) is 0 Å². The summed E-state index contributed by atoms with van der Waals surface area (Å²) in [5.41, 5.74) is 21.2. The molecule has 15 aliphatic carbocycles. The fraction of sp³-hybridized carbons (Fsp3) is 0.744. The van der Waals surface area contributed by atoms with Crippen molar-refractivity contribution in [3.05, 3.63) is 160 Å². The molecule has 828 valence electrons. The number of nitrogens with zero attached hydrogens (tertiary/aromatic N) is 3. The van der Waals surface area contributed by atoms with E-state index in [1.165, 1.54) is 207 Å². The van der Waals surface area contributed by atoms with Gasteiger partial charge >= 0.3 is 47.6 Å². The molecule has 6 N–H and O–H groups in total. The molecule has 0 unspecified atom stereocenters. The van der Waals surface area contributed by atoms with Gasteiger partial charge in [-0.15, -0.1) is 11.6 Å². The minimum atomic E-state index is -1.21. The van der Waals surface area contributed by atoms with Crippen molar-refractivity contribution in [1.29, 1.82) is 0 Å². The predicted octanol–water partition coefficient (Wildman–Crippen LogP) is 24.7. The number of fused-ring (bicyclic) bond motifs is 21. The number of carbonyl (C=O) groups is 2. The minimum Gasteiger partial charge on any atom is -0.870 e. The van der Waals surface area contributed by atoms with Gasteiger partial charge in [-0.25, -0.2) is 22.8 Å². The van der Waals surface area contributed by atoms with Crippen LogP contribution in [0, 0.1) is 178 Å². The van der Waals surface area contributed by atoms with Crippen molar-refractivity contribution in [2.45, 2.75) is 329 Å². The van der Waals surface area contributed by atoms with Crippen LogP contribution in [-0.4, -0.2) is 185 Å². The molecule has 150 heavy (non-hydrogen) atoms. The van der Waals surface area contributed by atoms with Crippen molar-refractivity contribution in [2.75, 3.05) is 125 Å². The number of ether oxygens (including phenoxy) is 4. The van der Waals surface area contributed by atoms with Gasteiger partial charge in [0.2, 0.25) is 0 Å². The summed E-state index contributed by atoms with van der Waals surface area (Å²) >= 11 is 5.55. The van der Waals surface area contributed by atoms with Gasteiger partial charge in [-0.3, -0.25) is 14.7 Å². The molecule has 0 spiro atoms. The summed E-state index contributed by atoms with van der Waals surface area (Å²) in [7, 11) is 1.30. The van der Waals surface area contributed by atoms with Crippen LogP contribution >= 0.6 is 11.6 Å². The molecule has 12 saturated carbocycles. The summed E-state index contributed by atoms with van der Waals surface area (Å²) in [6.07, 6.45) is 41.3. The Labute approximate surface area is 929 Å². The molecule has 21 rings (SSSR count). The molecular formula is C129H193ClF3N6NaO10. The first kappa shape index (κ1) is 121. The molecule has 3 heterocycles. The maximum atomic E-state index is 15.2. The standard InChI is InChI=1S/C43H63FN2O3.C42H61FN2O3.C36H52FN.C6H12ClNO.CO2.CH4.Na.H2O/c1-28(2)30-13-18-43(45-21-22-46-23-25-49-26-24-46)20-19-41(6)33(37(30)43)11-12-36-40(5)16-14-32(39(3,4)35(40)15-17-42(36,41)7)29-9-10-31(34(44)27-29)38(47)48-8;1-27(2)29-12-17-42(44-20-21-45-22-24-48-25-23-45)19-18-40(6)32(36(29)42)10-11-35-39(5)15-13-31(28-8-9-30(37(46)47)33(43)26-28)38(3,4)34(39)14-16-41(35,40)7;1-22(2)25-13-18-36(38)20-19-34(7)27(31(25)36)11-12-30-33(6)16-14-26(24-10-9-23(3)28(37)21-24)32(4,5)29(33)15-17-35(30,34)8;7-1-2-8-3-5-9-6-4-8;2-1-3;;;/h9-10,14,27,30,33,35-37,45H,1,11-13,15-26H2,2-8H3;8-9,13,26,29,32,34-36,44H,1,10-12,14-25H2,2-7H3,(H,46,47);9-10,14,21,25,27,29-31H,1,11-13,15-20,38H2,2-8H3;1-6H2;;1H4;;1H2/q;;;;;;+1;/p-1/t30-,33+,35-,36+,37+,40-,41+,42+,43-;29-,32+,34-,35+,36+,39-,40+,41+,42-;25-,27+,29-,30+,31+,33-,34+,35+,36-;;;;;/m000...../s1. The van der Waals surface area contributed by atoms with E-state index in [0.29, 0.717) is 99.1 Å². The SMILES string of the molecule is C.C=C(C)[C@@H]1CC[C@]2(N)CC[C@]3(C)[C@H](CC[C@@H]4[C@@]5(C)CC=C(c6ccc(C)c(F)c6)C(C)(C)[C@@H]5CC[C@]43C)[C@@H]12.C=C(C)[C@@H]1CC[C@]2(NCCN3CCOCC3)CC[C@]3(C)[C@H](CC[C@@H]4[C@@]5(C)CC=C(c6ccc(C(=O)O)c(F)c6)C(C)(C)[C@@H]5CC[C@]43C)[C@@H]12.C=C(C)[C@@H]1CC[C@]2(NCCN3CCOCC3)CC[C@]3(C)[C@H](CC[C@@H]4[C@@]5(C)CC=C(c6ccc(C(=O)OC)c(F)c6)C(C)(C)[C@@H]5CC[C@]43C)[C@@H]12.ClCCN1CCOCC1.O=C=O.[Na+].[OH-]. The Balaban J connectivity index is 0.000000167. The van der Waals surface area contributed by atoms with Crippen molar-refractivity contribution in [3.63, 3.8) is 0 Å². The van der Waals surface area contributed by atoms with E-state index >= 15 is 4.39 Å². The molecule has 3 saturated heterocycles. The molecular weight excluding hydrogens is 1910 g/mol. The van der Waals surface area contributed by atoms with E-state index in [-0.39, 0.29) is 131 Å². The fourth-order valence-corrected chi connectivity index (χ4v) is 40.7. The van der Waals surface area contributed by atoms with Gasteiger partial charge in [-0.2, -0.15) is 9.59 Å². The number of hydrogen-bond acceptors (Lipinski definition) is 15. The smallest absolute Gasteiger partial charge is 0.870 e. The number of carboxylic acids is 1. The first-order valence-electron chi connectivity index (χ1n) is 57.9. The molecule has 16 nitrogen and oxygen atoms in total. The summed E-state index contributed by atoms with van der Waals surface area (Å²) in [6, 6.07) is 15.7. The average molecular weight is 2100 g/mol. The number of carboxylic acid groups (broad SMARTS) is 1. The number of carbonyl (C=O) groups excluding carboxylic acids is 3. The number of aryl methyl sites for hydroxylation is 1. The number of morpholine rings is 3. The fourth-order valence-electron chi connectivity index (χ4n) is 40.5. The summed E-state index contributed by atoms with van der Waals surface area (Å²) in [5.74, 6) is 7.16. The second kappa shape index (κ2) is 45.7. The number of allylic oxidation sites excluding steroid dienone is 9. The molecule has 0 aromatic heterocycles. The number of hydrogen-bond donors (Lipinski definition) is 4. The molecule has 18 aliphatic rings. The Hall–Kier alpha value is -4.90. The van der Waals surface area contributed by atoms with Gasteiger partial charge in [0.1, 0.15) is 17.5 Å². The van der Waals surface area contributed by atoms with Crippen LogP contribution in [0.5, 0.6) is 0 Å². The van der Waals surface area contributed by atoms with Crippen LogP contribution in [0.1, 0.15) is 348 Å². The zero-order valence-electron chi connectivity index (χ0n) is 95.6. The number of halogens is 4. The van der Waals surface area contributed by atoms with E-state index in [1.54, 1.807) is 18.2 Å². The molecule has 15 fully saturated rings. The van der Waals surface area contributed by atoms with Gasteiger partial charge in [0.25, 0.3) is 0 Å². The second-order valence-corrected chi connectivity index (χ2v) is 55.2. The molecule has 3 aliphatic heterocycles. The van der Waals surface area contributed by atoms with Gasteiger partial charge in [-0.1, -0.05) is 190 Å². The largest absolute Gasteiger partial charge is 1.00 e. The summed E-state index contributed by atoms with van der Waals surface area (Å²) in [6.45, 7) is 77.8. The Morgan fingerprint density at radius 1 is 0.440 bits per heavy atom. The van der Waals surface area contributed by atoms with E-state index in [1.807, 2.05) is 25.1 Å². The van der Waals surface area contributed by atoms with Crippen LogP contribution in [0.25, 0.3) is 16.7 Å². The molecule has 3 aromatic rings. The Morgan fingerprint density at radius 3 is 1.09 bits per heavy atom. The van der Waals surface area contributed by atoms with Gasteiger partial charge in [0.15, 0.2) is 0 Å². The van der Waals surface area contributed by atoms with Crippen LogP contribution in [0.15, 0.2) is 109 Å². The molecule has 21 heteroatoms. The van der Waals surface area contributed by atoms with E-state index in [0.717, 1.165) is 165 Å². The van der Waals surface area contributed by atoms with Crippen molar-refractivity contribution < 1.29 is 91.4 Å². The molecule has 0 bridgehead atoms. The third kappa shape index (κ3) is 20.4. The third-order valence-corrected chi connectivity index (χ3v) is 48.4. The van der Waals surface area contributed by atoms with Crippen LogP contribution in [-0.2, 0) is 28.5 Å². The zero-order valence-corrected chi connectivity index (χ0v) is 98.4. The van der Waals surface area contributed by atoms with Gasteiger partial charge in [-0.05, 0) is 424 Å². The Bertz CT molecular complexity index is 5500. The molecule has 0 amide bonds. The number of alkyl halides is 1. The van der Waals surface area contributed by atoms with E-state index in [2.05, 4.69) is 194 Å². The van der Waals surface area contributed by atoms with Crippen molar-refractivity contribution in [3.8, 4) is 0 Å². The quantitative estimate of drug-likeness (QED) is 0.0403. The summed E-state index contributed by atoms with van der Waals surface area (Å²) < 4.78 is 65.9. The molecule has 3 aromatic carbocycles. The van der Waals surface area contributed by atoms with Crippen LogP contribution in [0.4, 0.5) is 13.2 Å². The normalized spacial score (nSPS) is 40.4. The van der Waals surface area contributed by atoms with Crippen LogP contribution in [0.3, 0.4) is 0 Å². The predicted molar refractivity (Wildman–Crippen MR) is 596 cm³/mol. The van der Waals surface area contributed by atoms with Gasteiger partial charge < -0.3 is 45.9 Å². The third-order valence-electron chi connectivity index (χ3n) is 48.2. The van der Waals surface area contributed by atoms with E-state index in [4.69, 9.17) is 45.9 Å². The Morgan fingerprint density at radius 2 is 0.760 bits per heavy atom. The number of nitrogens with one attached hydrogen (secondary N) is 2. The number of aromatic carboxylic acids is 1. The zero-order chi connectivity index (χ0) is 106. The maximum absolute atomic E-state index is 15.2.